The van der Waals surface area contributed by atoms with Crippen molar-refractivity contribution in [1.82, 2.24) is 0 Å². The van der Waals surface area contributed by atoms with E-state index in [9.17, 15) is 9.59 Å². The van der Waals surface area contributed by atoms with E-state index in [1.165, 1.54) is 0 Å². The maximum absolute atomic E-state index is 12.1. The predicted octanol–water partition coefficient (Wildman–Crippen LogP) is 4.67. The van der Waals surface area contributed by atoms with Gasteiger partial charge in [-0.3, -0.25) is 9.59 Å². The standard InChI is InChI=1S/C21H26N2O2/c1-14-8-5-10-18(16(14)3)22-20(24)12-7-13-21(25)23-19-11-6-9-15(2)17(19)4/h5-6,8-11H,7,12-13H2,1-4H3,(H,22,24)(H,23,25). The lowest BCUT2D eigenvalue weighted by atomic mass is 10.1. The summed E-state index contributed by atoms with van der Waals surface area (Å²) in [5, 5.41) is 5.84. The van der Waals surface area contributed by atoms with Gasteiger partial charge in [-0.05, 0) is 68.5 Å². The lowest BCUT2D eigenvalue weighted by Gasteiger charge is -2.11. The SMILES string of the molecule is Cc1cccc(NC(=O)CCCC(=O)Nc2cccc(C)c2C)c1C. The summed E-state index contributed by atoms with van der Waals surface area (Å²) in [6.07, 6.45) is 1.18. The Morgan fingerprint density at radius 1 is 0.720 bits per heavy atom. The van der Waals surface area contributed by atoms with Gasteiger partial charge in [-0.1, -0.05) is 24.3 Å². The van der Waals surface area contributed by atoms with E-state index in [0.29, 0.717) is 19.3 Å². The van der Waals surface area contributed by atoms with Crippen LogP contribution in [0.1, 0.15) is 41.5 Å². The van der Waals surface area contributed by atoms with Crippen molar-refractivity contribution in [3.8, 4) is 0 Å². The van der Waals surface area contributed by atoms with Crippen molar-refractivity contribution in [1.29, 1.82) is 0 Å². The second kappa shape index (κ2) is 8.47. The molecular weight excluding hydrogens is 312 g/mol. The number of nitrogens with one attached hydrogen (secondary N) is 2. The Balaban J connectivity index is 1.80. The summed E-state index contributed by atoms with van der Waals surface area (Å²) in [6.45, 7) is 8.01. The van der Waals surface area contributed by atoms with Crippen molar-refractivity contribution in [2.75, 3.05) is 10.6 Å². The molecule has 0 fully saturated rings. The number of amides is 2. The number of hydrogen-bond acceptors (Lipinski definition) is 2. The van der Waals surface area contributed by atoms with Crippen LogP contribution in [0.2, 0.25) is 0 Å². The van der Waals surface area contributed by atoms with Crippen molar-refractivity contribution in [2.24, 2.45) is 0 Å². The molecule has 0 saturated carbocycles. The van der Waals surface area contributed by atoms with E-state index in [0.717, 1.165) is 33.6 Å². The van der Waals surface area contributed by atoms with Gasteiger partial charge < -0.3 is 10.6 Å². The van der Waals surface area contributed by atoms with Crippen LogP contribution >= 0.6 is 0 Å². The van der Waals surface area contributed by atoms with Crippen molar-refractivity contribution < 1.29 is 9.59 Å². The van der Waals surface area contributed by atoms with Gasteiger partial charge in [0.1, 0.15) is 0 Å². The molecule has 0 aliphatic carbocycles. The summed E-state index contributed by atoms with van der Waals surface area (Å²) in [7, 11) is 0. The average molecular weight is 338 g/mol. The zero-order valence-corrected chi connectivity index (χ0v) is 15.4. The molecule has 132 valence electrons. The zero-order valence-electron chi connectivity index (χ0n) is 15.4. The first kappa shape index (κ1) is 18.7. The fraction of sp³-hybridized carbons (Fsp3) is 0.333. The van der Waals surface area contributed by atoms with E-state index >= 15 is 0 Å². The fourth-order valence-corrected chi connectivity index (χ4v) is 2.61. The highest BCUT2D eigenvalue weighted by molar-refractivity contribution is 5.93. The number of hydrogen-bond donors (Lipinski definition) is 2. The summed E-state index contributed by atoms with van der Waals surface area (Å²) >= 11 is 0. The molecule has 4 heteroatoms. The van der Waals surface area contributed by atoms with Gasteiger partial charge in [-0.25, -0.2) is 0 Å². The number of anilines is 2. The molecule has 0 unspecified atom stereocenters. The lowest BCUT2D eigenvalue weighted by molar-refractivity contribution is -0.117. The molecule has 0 radical (unpaired) electrons. The largest absolute Gasteiger partial charge is 0.326 e. The third-order valence-corrected chi connectivity index (χ3v) is 4.57. The Morgan fingerprint density at radius 3 is 1.52 bits per heavy atom. The third kappa shape index (κ3) is 5.18. The van der Waals surface area contributed by atoms with Crippen molar-refractivity contribution in [3.63, 3.8) is 0 Å². The normalized spacial score (nSPS) is 10.4. The van der Waals surface area contributed by atoms with Gasteiger partial charge >= 0.3 is 0 Å². The molecule has 0 atom stereocenters. The van der Waals surface area contributed by atoms with Crippen LogP contribution < -0.4 is 10.6 Å². The first-order valence-corrected chi connectivity index (χ1v) is 8.60. The third-order valence-electron chi connectivity index (χ3n) is 4.57. The number of benzene rings is 2. The molecular formula is C21H26N2O2. The van der Waals surface area contributed by atoms with E-state index in [-0.39, 0.29) is 11.8 Å². The highest BCUT2D eigenvalue weighted by Gasteiger charge is 2.09. The molecule has 0 bridgehead atoms. The van der Waals surface area contributed by atoms with Crippen molar-refractivity contribution >= 4 is 23.2 Å². The number of carbonyl (C=O) groups excluding carboxylic acids is 2. The Kier molecular flexibility index (Phi) is 6.34. The van der Waals surface area contributed by atoms with Crippen molar-refractivity contribution in [2.45, 2.75) is 47.0 Å². The molecule has 0 heterocycles. The number of carbonyl (C=O) groups is 2. The average Bonchev–Trinajstić information content (AvgIpc) is 2.56. The monoisotopic (exact) mass is 338 g/mol. The lowest BCUT2D eigenvalue weighted by Crippen LogP contribution is -2.16. The quantitative estimate of drug-likeness (QED) is 0.804. The Morgan fingerprint density at radius 2 is 1.12 bits per heavy atom. The minimum atomic E-state index is -0.0618. The van der Waals surface area contributed by atoms with Crippen LogP contribution in [-0.4, -0.2) is 11.8 Å². The Labute approximate surface area is 149 Å². The molecule has 0 aromatic heterocycles. The molecule has 0 spiro atoms. The van der Waals surface area contributed by atoms with Gasteiger partial charge in [0, 0.05) is 24.2 Å². The summed E-state index contributed by atoms with van der Waals surface area (Å²) in [5.41, 5.74) is 6.11. The molecule has 0 aliphatic heterocycles. The van der Waals surface area contributed by atoms with E-state index in [1.54, 1.807) is 0 Å². The topological polar surface area (TPSA) is 58.2 Å². The molecule has 2 amide bonds. The fourth-order valence-electron chi connectivity index (χ4n) is 2.61. The maximum Gasteiger partial charge on any atom is 0.224 e. The van der Waals surface area contributed by atoms with Gasteiger partial charge in [0.15, 0.2) is 0 Å². The van der Waals surface area contributed by atoms with Crippen LogP contribution in [0.15, 0.2) is 36.4 Å². The van der Waals surface area contributed by atoms with E-state index < -0.39 is 0 Å². The maximum atomic E-state index is 12.1. The highest BCUT2D eigenvalue weighted by atomic mass is 16.2. The Hall–Kier alpha value is -2.62. The summed E-state index contributed by atoms with van der Waals surface area (Å²) in [4.78, 5) is 24.1. The molecule has 4 nitrogen and oxygen atoms in total. The molecule has 2 rings (SSSR count). The van der Waals surface area contributed by atoms with Crippen LogP contribution in [-0.2, 0) is 9.59 Å². The van der Waals surface area contributed by atoms with Crippen LogP contribution in [0.3, 0.4) is 0 Å². The molecule has 0 saturated heterocycles. The molecule has 0 aliphatic rings. The number of aryl methyl sites for hydroxylation is 2. The van der Waals surface area contributed by atoms with E-state index in [1.807, 2.05) is 64.1 Å². The molecule has 2 aromatic rings. The second-order valence-electron chi connectivity index (χ2n) is 6.44. The minimum absolute atomic E-state index is 0.0618. The highest BCUT2D eigenvalue weighted by Crippen LogP contribution is 2.19. The first-order chi connectivity index (χ1) is 11.9. The van der Waals surface area contributed by atoms with Gasteiger partial charge in [0.2, 0.25) is 11.8 Å². The molecule has 2 aromatic carbocycles. The van der Waals surface area contributed by atoms with Gasteiger partial charge in [-0.15, -0.1) is 0 Å². The second-order valence-corrected chi connectivity index (χ2v) is 6.44. The van der Waals surface area contributed by atoms with Gasteiger partial charge in [0.05, 0.1) is 0 Å². The minimum Gasteiger partial charge on any atom is -0.326 e. The van der Waals surface area contributed by atoms with Crippen LogP contribution in [0, 0.1) is 27.7 Å². The van der Waals surface area contributed by atoms with Crippen molar-refractivity contribution in [3.05, 3.63) is 58.7 Å². The smallest absolute Gasteiger partial charge is 0.224 e. The number of rotatable bonds is 6. The van der Waals surface area contributed by atoms with Crippen LogP contribution in [0.5, 0.6) is 0 Å². The molecule has 2 N–H and O–H groups in total. The Bertz CT molecular complexity index is 716. The van der Waals surface area contributed by atoms with E-state index in [4.69, 9.17) is 0 Å². The predicted molar refractivity (Wildman–Crippen MR) is 103 cm³/mol. The van der Waals surface area contributed by atoms with Crippen LogP contribution in [0.4, 0.5) is 11.4 Å². The summed E-state index contributed by atoms with van der Waals surface area (Å²) in [6, 6.07) is 11.7. The van der Waals surface area contributed by atoms with Gasteiger partial charge in [-0.2, -0.15) is 0 Å². The van der Waals surface area contributed by atoms with Gasteiger partial charge in [0.25, 0.3) is 0 Å². The molecule has 25 heavy (non-hydrogen) atoms. The zero-order chi connectivity index (χ0) is 18.4. The van der Waals surface area contributed by atoms with Crippen LogP contribution in [0.25, 0.3) is 0 Å². The summed E-state index contributed by atoms with van der Waals surface area (Å²) < 4.78 is 0. The summed E-state index contributed by atoms with van der Waals surface area (Å²) in [5.74, 6) is -0.124. The van der Waals surface area contributed by atoms with E-state index in [2.05, 4.69) is 10.6 Å². The first-order valence-electron chi connectivity index (χ1n) is 8.60.